The molecule has 1 aromatic heterocycles. The summed E-state index contributed by atoms with van der Waals surface area (Å²) in [6.07, 6.45) is 2.02. The molecule has 0 spiro atoms. The van der Waals surface area contributed by atoms with Crippen LogP contribution in [0.4, 0.5) is 0 Å². The molecule has 110 valence electrons. The number of hydrogen-bond donors (Lipinski definition) is 2. The summed E-state index contributed by atoms with van der Waals surface area (Å²) in [5.41, 5.74) is 7.01. The topological polar surface area (TPSA) is 79.2 Å². The molecule has 5 nitrogen and oxygen atoms in total. The van der Waals surface area contributed by atoms with Gasteiger partial charge in [0.25, 0.3) is 5.56 Å². The molecule has 2 heterocycles. The number of aromatic amines is 1. The number of pyridine rings is 1. The smallest absolute Gasteiger partial charge is 0.252 e. The van der Waals surface area contributed by atoms with Crippen molar-refractivity contribution >= 4 is 16.8 Å². The Hall–Kier alpha value is -2.14. The molecule has 1 aromatic carbocycles. The second-order valence-electron chi connectivity index (χ2n) is 5.63. The van der Waals surface area contributed by atoms with Gasteiger partial charge in [0, 0.05) is 30.2 Å². The van der Waals surface area contributed by atoms with Crippen LogP contribution >= 0.6 is 0 Å². The molecule has 1 amide bonds. The quantitative estimate of drug-likeness (QED) is 0.864. The lowest BCUT2D eigenvalue weighted by Crippen LogP contribution is -2.46. The Balaban J connectivity index is 1.82. The summed E-state index contributed by atoms with van der Waals surface area (Å²) in [4.78, 5) is 29.0. The highest BCUT2D eigenvalue weighted by molar-refractivity contribution is 5.82. The lowest BCUT2D eigenvalue weighted by molar-refractivity contribution is -0.131. The maximum Gasteiger partial charge on any atom is 0.252 e. The molecule has 1 aliphatic rings. The van der Waals surface area contributed by atoms with Crippen LogP contribution in [-0.2, 0) is 11.2 Å². The molecular formula is C16H19N3O2. The van der Waals surface area contributed by atoms with E-state index in [1.54, 1.807) is 11.0 Å². The van der Waals surface area contributed by atoms with Gasteiger partial charge in [-0.05, 0) is 30.4 Å². The maximum atomic E-state index is 12.3. The third-order valence-corrected chi connectivity index (χ3v) is 3.98. The van der Waals surface area contributed by atoms with Gasteiger partial charge in [-0.3, -0.25) is 9.59 Å². The number of piperidine rings is 1. The molecule has 5 heteroatoms. The van der Waals surface area contributed by atoms with Crippen LogP contribution in [0.25, 0.3) is 10.9 Å². The van der Waals surface area contributed by atoms with Gasteiger partial charge in [0.2, 0.25) is 5.91 Å². The number of H-pyrrole nitrogens is 1. The Morgan fingerprint density at radius 2 is 2.19 bits per heavy atom. The third-order valence-electron chi connectivity index (χ3n) is 3.98. The number of para-hydroxylation sites is 1. The van der Waals surface area contributed by atoms with Crippen LogP contribution in [0.3, 0.4) is 0 Å². The SMILES string of the molecule is NC1CCCN(C(=O)Cc2cc3ccccc3[nH]c2=O)C1. The Kier molecular flexibility index (Phi) is 3.75. The number of aromatic nitrogens is 1. The fourth-order valence-electron chi connectivity index (χ4n) is 2.84. The number of benzene rings is 1. The molecule has 3 rings (SSSR count). The average Bonchev–Trinajstić information content (AvgIpc) is 2.48. The highest BCUT2D eigenvalue weighted by Gasteiger charge is 2.22. The van der Waals surface area contributed by atoms with Crippen molar-refractivity contribution in [3.05, 3.63) is 46.2 Å². The molecule has 21 heavy (non-hydrogen) atoms. The molecule has 1 atom stereocenters. The molecule has 1 unspecified atom stereocenters. The van der Waals surface area contributed by atoms with Gasteiger partial charge < -0.3 is 15.6 Å². The zero-order valence-corrected chi connectivity index (χ0v) is 11.8. The average molecular weight is 285 g/mol. The number of nitrogens with two attached hydrogens (primary N) is 1. The molecule has 3 N–H and O–H groups in total. The van der Waals surface area contributed by atoms with E-state index in [9.17, 15) is 9.59 Å². The van der Waals surface area contributed by atoms with E-state index in [1.807, 2.05) is 24.3 Å². The number of carbonyl (C=O) groups excluding carboxylic acids is 1. The fourth-order valence-corrected chi connectivity index (χ4v) is 2.84. The Labute approximate surface area is 122 Å². The molecule has 1 fully saturated rings. The van der Waals surface area contributed by atoms with E-state index in [0.29, 0.717) is 12.1 Å². The van der Waals surface area contributed by atoms with Crippen LogP contribution in [0.2, 0.25) is 0 Å². The largest absolute Gasteiger partial charge is 0.341 e. The van der Waals surface area contributed by atoms with Crippen molar-refractivity contribution in [2.75, 3.05) is 13.1 Å². The van der Waals surface area contributed by atoms with Crippen molar-refractivity contribution in [1.29, 1.82) is 0 Å². The number of nitrogens with one attached hydrogen (secondary N) is 1. The van der Waals surface area contributed by atoms with Crippen LogP contribution in [0, 0.1) is 0 Å². The molecule has 0 radical (unpaired) electrons. The maximum absolute atomic E-state index is 12.3. The van der Waals surface area contributed by atoms with E-state index in [0.717, 1.165) is 30.3 Å². The molecule has 2 aromatic rings. The minimum atomic E-state index is -0.191. The van der Waals surface area contributed by atoms with Gasteiger partial charge in [0.05, 0.1) is 6.42 Å². The minimum Gasteiger partial charge on any atom is -0.341 e. The van der Waals surface area contributed by atoms with Crippen LogP contribution in [0.1, 0.15) is 18.4 Å². The van der Waals surface area contributed by atoms with E-state index in [4.69, 9.17) is 5.73 Å². The Morgan fingerprint density at radius 1 is 1.38 bits per heavy atom. The van der Waals surface area contributed by atoms with Crippen LogP contribution in [0.15, 0.2) is 35.1 Å². The van der Waals surface area contributed by atoms with Crippen LogP contribution in [-0.4, -0.2) is 34.9 Å². The van der Waals surface area contributed by atoms with Gasteiger partial charge in [-0.15, -0.1) is 0 Å². The van der Waals surface area contributed by atoms with Crippen molar-refractivity contribution in [3.8, 4) is 0 Å². The summed E-state index contributed by atoms with van der Waals surface area (Å²) >= 11 is 0. The number of rotatable bonds is 2. The monoisotopic (exact) mass is 285 g/mol. The summed E-state index contributed by atoms with van der Waals surface area (Å²) in [6, 6.07) is 9.42. The van der Waals surface area contributed by atoms with Gasteiger partial charge in [-0.1, -0.05) is 18.2 Å². The summed E-state index contributed by atoms with van der Waals surface area (Å²) in [7, 11) is 0. The van der Waals surface area contributed by atoms with Gasteiger partial charge in [0.1, 0.15) is 0 Å². The first-order valence-corrected chi connectivity index (χ1v) is 7.28. The first-order valence-electron chi connectivity index (χ1n) is 7.28. The number of carbonyl (C=O) groups is 1. The molecule has 0 saturated carbocycles. The van der Waals surface area contributed by atoms with Gasteiger partial charge in [-0.2, -0.15) is 0 Å². The Bertz CT molecular complexity index is 723. The third kappa shape index (κ3) is 2.97. The highest BCUT2D eigenvalue weighted by atomic mass is 16.2. The van der Waals surface area contributed by atoms with Crippen molar-refractivity contribution in [2.45, 2.75) is 25.3 Å². The molecule has 1 aliphatic heterocycles. The fraction of sp³-hybridized carbons (Fsp3) is 0.375. The lowest BCUT2D eigenvalue weighted by Gasteiger charge is -2.30. The first kappa shape index (κ1) is 13.8. The van der Waals surface area contributed by atoms with Gasteiger partial charge in [-0.25, -0.2) is 0 Å². The van der Waals surface area contributed by atoms with Crippen LogP contribution < -0.4 is 11.3 Å². The first-order chi connectivity index (χ1) is 10.1. The summed E-state index contributed by atoms with van der Waals surface area (Å²) in [6.45, 7) is 1.32. The Morgan fingerprint density at radius 3 is 3.00 bits per heavy atom. The van der Waals surface area contributed by atoms with Crippen LogP contribution in [0.5, 0.6) is 0 Å². The minimum absolute atomic E-state index is 0.0223. The van der Waals surface area contributed by atoms with Crippen molar-refractivity contribution in [1.82, 2.24) is 9.88 Å². The molecule has 0 bridgehead atoms. The van der Waals surface area contributed by atoms with Crippen molar-refractivity contribution in [3.63, 3.8) is 0 Å². The predicted octanol–water partition coefficient (Wildman–Crippen LogP) is 1.02. The van der Waals surface area contributed by atoms with E-state index < -0.39 is 0 Å². The molecular weight excluding hydrogens is 266 g/mol. The van der Waals surface area contributed by atoms with Crippen molar-refractivity contribution in [2.24, 2.45) is 5.73 Å². The predicted molar refractivity (Wildman–Crippen MR) is 82.1 cm³/mol. The van der Waals surface area contributed by atoms with E-state index in [2.05, 4.69) is 4.98 Å². The zero-order valence-electron chi connectivity index (χ0n) is 11.8. The number of fused-ring (bicyclic) bond motifs is 1. The standard InChI is InChI=1S/C16H19N3O2/c17-13-5-3-7-19(10-13)15(20)9-12-8-11-4-1-2-6-14(11)18-16(12)21/h1-2,4,6,8,13H,3,5,7,9-10,17H2,(H,18,21). The lowest BCUT2D eigenvalue weighted by atomic mass is 10.0. The van der Waals surface area contributed by atoms with Gasteiger partial charge in [0.15, 0.2) is 0 Å². The highest BCUT2D eigenvalue weighted by Crippen LogP contribution is 2.13. The van der Waals surface area contributed by atoms with E-state index in [-0.39, 0.29) is 23.9 Å². The normalized spacial score (nSPS) is 18.9. The van der Waals surface area contributed by atoms with E-state index >= 15 is 0 Å². The number of hydrogen-bond acceptors (Lipinski definition) is 3. The summed E-state index contributed by atoms with van der Waals surface area (Å²) in [5.74, 6) is -0.0223. The zero-order chi connectivity index (χ0) is 14.8. The molecule has 1 saturated heterocycles. The summed E-state index contributed by atoms with van der Waals surface area (Å²) in [5, 5.41) is 0.940. The van der Waals surface area contributed by atoms with Crippen molar-refractivity contribution < 1.29 is 4.79 Å². The number of nitrogens with zero attached hydrogens (tertiary/aromatic N) is 1. The van der Waals surface area contributed by atoms with Gasteiger partial charge >= 0.3 is 0 Å². The van der Waals surface area contributed by atoms with E-state index in [1.165, 1.54) is 0 Å². The number of amides is 1. The second-order valence-corrected chi connectivity index (χ2v) is 5.63. The number of likely N-dealkylation sites (tertiary alicyclic amines) is 1. The molecule has 0 aliphatic carbocycles. The second kappa shape index (κ2) is 5.69. The summed E-state index contributed by atoms with van der Waals surface area (Å²) < 4.78 is 0.